The minimum Gasteiger partial charge on any atom is -0.464 e. The number of imidazole rings is 1. The van der Waals surface area contributed by atoms with Crippen molar-refractivity contribution in [2.24, 2.45) is 0 Å². The van der Waals surface area contributed by atoms with Gasteiger partial charge in [-0.1, -0.05) is 6.07 Å². The van der Waals surface area contributed by atoms with Crippen molar-refractivity contribution in [3.63, 3.8) is 0 Å². The number of aliphatic hydroxyl groups is 1. The van der Waals surface area contributed by atoms with Crippen molar-refractivity contribution in [2.75, 3.05) is 6.61 Å². The zero-order chi connectivity index (χ0) is 20.1. The minimum atomic E-state index is -1.33. The molecule has 0 fully saturated rings. The first kappa shape index (κ1) is 19.4. The molecule has 8 nitrogen and oxygen atoms in total. The van der Waals surface area contributed by atoms with Gasteiger partial charge in [-0.3, -0.25) is 9.78 Å². The van der Waals surface area contributed by atoms with Gasteiger partial charge >= 0.3 is 5.97 Å². The number of esters is 1. The van der Waals surface area contributed by atoms with Crippen LogP contribution in [-0.4, -0.2) is 44.0 Å². The van der Waals surface area contributed by atoms with Gasteiger partial charge < -0.3 is 19.6 Å². The number of nitrogens with one attached hydrogen (secondary N) is 1. The fourth-order valence-corrected chi connectivity index (χ4v) is 2.73. The van der Waals surface area contributed by atoms with Crippen LogP contribution in [0.5, 0.6) is 0 Å². The average molecular weight is 386 g/mol. The van der Waals surface area contributed by atoms with E-state index in [1.165, 1.54) is 41.3 Å². The number of hydrogen-bond donors (Lipinski definition) is 2. The lowest BCUT2D eigenvalue weighted by Crippen LogP contribution is -2.46. The molecule has 146 valence electrons. The van der Waals surface area contributed by atoms with Crippen LogP contribution in [0.1, 0.15) is 24.3 Å². The van der Waals surface area contributed by atoms with Crippen LogP contribution in [0.3, 0.4) is 0 Å². The van der Waals surface area contributed by atoms with Gasteiger partial charge in [-0.25, -0.2) is 14.2 Å². The van der Waals surface area contributed by atoms with Gasteiger partial charge in [0.05, 0.1) is 18.7 Å². The van der Waals surface area contributed by atoms with Gasteiger partial charge in [0.15, 0.2) is 6.04 Å². The number of rotatable bonds is 7. The summed E-state index contributed by atoms with van der Waals surface area (Å²) in [4.78, 5) is 32.8. The van der Waals surface area contributed by atoms with Crippen molar-refractivity contribution in [2.45, 2.75) is 25.5 Å². The molecule has 0 aliphatic heterocycles. The fraction of sp³-hybridized carbons (Fsp3) is 0.263. The summed E-state index contributed by atoms with van der Waals surface area (Å²) in [6.07, 6.45) is 4.22. The number of ether oxygens (including phenoxy) is 1. The van der Waals surface area contributed by atoms with Gasteiger partial charge in [0.25, 0.3) is 0 Å². The molecule has 3 heterocycles. The molecule has 3 rings (SSSR count). The highest BCUT2D eigenvalue weighted by Crippen LogP contribution is 2.17. The zero-order valence-electron chi connectivity index (χ0n) is 15.1. The van der Waals surface area contributed by atoms with Gasteiger partial charge in [0, 0.05) is 30.4 Å². The third-order valence-corrected chi connectivity index (χ3v) is 4.01. The van der Waals surface area contributed by atoms with Gasteiger partial charge in [-0.05, 0) is 25.1 Å². The summed E-state index contributed by atoms with van der Waals surface area (Å²) in [6.45, 7) is 1.73. The van der Waals surface area contributed by atoms with Crippen LogP contribution in [0.4, 0.5) is 4.39 Å². The van der Waals surface area contributed by atoms with E-state index in [0.29, 0.717) is 16.9 Å². The van der Waals surface area contributed by atoms with Gasteiger partial charge in [-0.2, -0.15) is 0 Å². The van der Waals surface area contributed by atoms with Crippen molar-refractivity contribution in [1.82, 2.24) is 19.7 Å². The number of aliphatic hydroxyl groups excluding tert-OH is 1. The predicted molar refractivity (Wildman–Crippen MR) is 96.6 cm³/mol. The largest absolute Gasteiger partial charge is 0.464 e. The number of hydrogen-bond acceptors (Lipinski definition) is 6. The molecule has 0 aliphatic carbocycles. The minimum absolute atomic E-state index is 0.100. The molecule has 0 aromatic carbocycles. The molecule has 3 aromatic heterocycles. The number of fused-ring (bicyclic) bond motifs is 1. The summed E-state index contributed by atoms with van der Waals surface area (Å²) in [5.74, 6) is -1.72. The van der Waals surface area contributed by atoms with E-state index >= 15 is 0 Å². The second kappa shape index (κ2) is 8.57. The van der Waals surface area contributed by atoms with Crippen LogP contribution in [0, 0.1) is 5.82 Å². The maximum Gasteiger partial charge on any atom is 0.331 e. The van der Waals surface area contributed by atoms with E-state index in [9.17, 15) is 19.1 Å². The molecule has 28 heavy (non-hydrogen) atoms. The Bertz CT molecular complexity index is 976. The van der Waals surface area contributed by atoms with Crippen LogP contribution in [0.2, 0.25) is 0 Å². The van der Waals surface area contributed by atoms with E-state index in [4.69, 9.17) is 4.74 Å². The Morgan fingerprint density at radius 2 is 2.14 bits per heavy atom. The lowest BCUT2D eigenvalue weighted by atomic mass is 10.0. The number of carbonyl (C=O) groups excluding carboxylic acids is 2. The molecule has 0 spiro atoms. The van der Waals surface area contributed by atoms with Gasteiger partial charge in [0.1, 0.15) is 17.6 Å². The Hall–Kier alpha value is -3.33. The van der Waals surface area contributed by atoms with E-state index in [0.717, 1.165) is 0 Å². The molecule has 0 bridgehead atoms. The fourth-order valence-electron chi connectivity index (χ4n) is 2.73. The Morgan fingerprint density at radius 3 is 2.86 bits per heavy atom. The smallest absolute Gasteiger partial charge is 0.331 e. The summed E-state index contributed by atoms with van der Waals surface area (Å²) in [5, 5.41) is 13.0. The van der Waals surface area contributed by atoms with Crippen LogP contribution in [0.25, 0.3) is 5.65 Å². The summed E-state index contributed by atoms with van der Waals surface area (Å²) in [6, 6.07) is 4.66. The predicted octanol–water partition coefficient (Wildman–Crippen LogP) is 1.19. The van der Waals surface area contributed by atoms with E-state index in [-0.39, 0.29) is 13.0 Å². The van der Waals surface area contributed by atoms with Crippen LogP contribution < -0.4 is 5.32 Å². The lowest BCUT2D eigenvalue weighted by molar-refractivity contribution is -0.150. The van der Waals surface area contributed by atoms with Crippen molar-refractivity contribution < 1.29 is 23.8 Å². The number of carbonyl (C=O) groups is 2. The third-order valence-electron chi connectivity index (χ3n) is 4.01. The zero-order valence-corrected chi connectivity index (χ0v) is 15.1. The number of amides is 1. The van der Waals surface area contributed by atoms with E-state index in [1.807, 2.05) is 0 Å². The van der Waals surface area contributed by atoms with Crippen LogP contribution in [-0.2, 0) is 20.7 Å². The summed E-state index contributed by atoms with van der Waals surface area (Å²) in [5.41, 5.74) is 1.24. The number of aromatic nitrogens is 3. The highest BCUT2D eigenvalue weighted by atomic mass is 19.1. The van der Waals surface area contributed by atoms with Crippen molar-refractivity contribution in [1.29, 1.82) is 0 Å². The second-order valence-corrected chi connectivity index (χ2v) is 6.05. The van der Waals surface area contributed by atoms with E-state index in [1.54, 1.807) is 19.1 Å². The Labute approximate surface area is 160 Å². The lowest BCUT2D eigenvalue weighted by Gasteiger charge is -2.22. The molecule has 0 saturated carbocycles. The van der Waals surface area contributed by atoms with E-state index < -0.39 is 29.8 Å². The first-order chi connectivity index (χ1) is 13.5. The first-order valence-electron chi connectivity index (χ1n) is 8.65. The number of nitrogens with zero attached hydrogens (tertiary/aromatic N) is 3. The van der Waals surface area contributed by atoms with Crippen molar-refractivity contribution in [3.8, 4) is 0 Å². The third kappa shape index (κ3) is 4.49. The summed E-state index contributed by atoms with van der Waals surface area (Å²) < 4.78 is 19.7. The van der Waals surface area contributed by atoms with Crippen LogP contribution >= 0.6 is 0 Å². The molecule has 2 unspecified atom stereocenters. The average Bonchev–Trinajstić information content (AvgIpc) is 3.07. The number of halogens is 1. The molecule has 0 radical (unpaired) electrons. The molecule has 2 N–H and O–H groups in total. The van der Waals surface area contributed by atoms with Gasteiger partial charge in [-0.15, -0.1) is 0 Å². The standard InChI is InChI=1S/C19H19FN4O4/c1-2-28-19(27)17(18(26)12-4-3-7-21-9-12)23-16(25)8-14-11-24-10-13(20)5-6-15(24)22-14/h3-7,9-11,17-18,26H,2,8H2,1H3,(H,23,25). The van der Waals surface area contributed by atoms with Crippen molar-refractivity contribution in [3.05, 3.63) is 66.1 Å². The SMILES string of the molecule is CCOC(=O)C(NC(=O)Cc1cn2cc(F)ccc2n1)C(O)c1cccnc1. The molecule has 0 saturated heterocycles. The molecule has 2 atom stereocenters. The first-order valence-corrected chi connectivity index (χ1v) is 8.65. The second-order valence-electron chi connectivity index (χ2n) is 6.05. The molecule has 0 aliphatic rings. The quantitative estimate of drug-likeness (QED) is 0.591. The maximum absolute atomic E-state index is 13.3. The molecule has 1 amide bonds. The Balaban J connectivity index is 1.75. The Kier molecular flexibility index (Phi) is 5.95. The maximum atomic E-state index is 13.3. The van der Waals surface area contributed by atoms with E-state index in [2.05, 4.69) is 15.3 Å². The monoisotopic (exact) mass is 386 g/mol. The van der Waals surface area contributed by atoms with Gasteiger partial charge in [0.2, 0.25) is 5.91 Å². The number of pyridine rings is 2. The molecular weight excluding hydrogens is 367 g/mol. The topological polar surface area (TPSA) is 106 Å². The van der Waals surface area contributed by atoms with Crippen LogP contribution in [0.15, 0.2) is 49.1 Å². The highest BCUT2D eigenvalue weighted by Gasteiger charge is 2.31. The summed E-state index contributed by atoms with van der Waals surface area (Å²) in [7, 11) is 0. The molecular formula is C19H19FN4O4. The molecule has 9 heteroatoms. The Morgan fingerprint density at radius 1 is 1.32 bits per heavy atom. The summed E-state index contributed by atoms with van der Waals surface area (Å²) >= 11 is 0. The normalized spacial score (nSPS) is 13.1. The highest BCUT2D eigenvalue weighted by molar-refractivity contribution is 5.86. The molecule has 3 aromatic rings. The van der Waals surface area contributed by atoms with Crippen molar-refractivity contribution >= 4 is 17.5 Å².